The number of carbonyl (C=O) groups is 1. The van der Waals surface area contributed by atoms with E-state index < -0.39 is 0 Å². The standard InChI is InChI=1S/C10H18O2/c1-8(2)6-9(11)7-10(3,4)12-5/h1,6-7H2,2-5H3. The van der Waals surface area contributed by atoms with Crippen LogP contribution in [0.3, 0.4) is 0 Å². The molecule has 2 heteroatoms. The summed E-state index contributed by atoms with van der Waals surface area (Å²) in [6.07, 6.45) is 0.920. The predicted octanol–water partition coefficient (Wildman–Crippen LogP) is 2.34. The smallest absolute Gasteiger partial charge is 0.139 e. The summed E-state index contributed by atoms with van der Waals surface area (Å²) in [4.78, 5) is 11.3. The Bertz CT molecular complexity index is 180. The largest absolute Gasteiger partial charge is 0.378 e. The van der Waals surface area contributed by atoms with E-state index >= 15 is 0 Å². The molecule has 0 rings (SSSR count). The first-order valence-electron chi connectivity index (χ1n) is 4.08. The lowest BCUT2D eigenvalue weighted by Gasteiger charge is -2.21. The van der Waals surface area contributed by atoms with Gasteiger partial charge in [0.2, 0.25) is 0 Å². The summed E-state index contributed by atoms with van der Waals surface area (Å²) >= 11 is 0. The monoisotopic (exact) mass is 170 g/mol. The Labute approximate surface area is 74.6 Å². The number of allylic oxidation sites excluding steroid dienone is 1. The maximum atomic E-state index is 11.3. The summed E-state index contributed by atoms with van der Waals surface area (Å²) in [5, 5.41) is 0. The van der Waals surface area contributed by atoms with Crippen LogP contribution in [0.15, 0.2) is 12.2 Å². The highest BCUT2D eigenvalue weighted by molar-refractivity contribution is 5.81. The summed E-state index contributed by atoms with van der Waals surface area (Å²) in [5.41, 5.74) is 0.568. The van der Waals surface area contributed by atoms with Crippen LogP contribution in [0.1, 0.15) is 33.6 Å². The highest BCUT2D eigenvalue weighted by Gasteiger charge is 2.20. The Kier molecular flexibility index (Phi) is 4.18. The van der Waals surface area contributed by atoms with Crippen molar-refractivity contribution in [3.8, 4) is 0 Å². The second-order valence-electron chi connectivity index (χ2n) is 3.81. The molecule has 0 N–H and O–H groups in total. The Morgan fingerprint density at radius 1 is 1.50 bits per heavy atom. The summed E-state index contributed by atoms with van der Waals surface area (Å²) in [6.45, 7) is 9.36. The van der Waals surface area contributed by atoms with E-state index in [1.165, 1.54) is 0 Å². The maximum absolute atomic E-state index is 11.3. The molecule has 70 valence electrons. The minimum Gasteiger partial charge on any atom is -0.378 e. The number of Topliss-reactive ketones (excluding diaryl/α,β-unsaturated/α-hetero) is 1. The third kappa shape index (κ3) is 5.08. The number of hydrogen-bond donors (Lipinski definition) is 0. The quantitative estimate of drug-likeness (QED) is 0.592. The van der Waals surface area contributed by atoms with Crippen LogP contribution in [0.5, 0.6) is 0 Å². The van der Waals surface area contributed by atoms with Gasteiger partial charge in [0.05, 0.1) is 5.60 Å². The molecule has 0 aliphatic rings. The molecule has 0 bridgehead atoms. The number of hydrogen-bond acceptors (Lipinski definition) is 2. The molecule has 0 aromatic heterocycles. The van der Waals surface area contributed by atoms with Gasteiger partial charge in [0, 0.05) is 20.0 Å². The van der Waals surface area contributed by atoms with E-state index in [0.717, 1.165) is 5.57 Å². The van der Waals surface area contributed by atoms with Gasteiger partial charge in [-0.1, -0.05) is 12.2 Å². The van der Waals surface area contributed by atoms with Crippen molar-refractivity contribution in [2.75, 3.05) is 7.11 Å². The highest BCUT2D eigenvalue weighted by atomic mass is 16.5. The van der Waals surface area contributed by atoms with E-state index in [4.69, 9.17) is 4.74 Å². The SMILES string of the molecule is C=C(C)CC(=O)CC(C)(C)OC. The molecule has 0 aliphatic carbocycles. The average molecular weight is 170 g/mol. The zero-order valence-corrected chi connectivity index (χ0v) is 8.44. The van der Waals surface area contributed by atoms with Crippen molar-refractivity contribution in [1.82, 2.24) is 0 Å². The van der Waals surface area contributed by atoms with Gasteiger partial charge in [0.15, 0.2) is 0 Å². The molecule has 0 radical (unpaired) electrons. The topological polar surface area (TPSA) is 26.3 Å². The van der Waals surface area contributed by atoms with E-state index in [0.29, 0.717) is 12.8 Å². The fourth-order valence-electron chi connectivity index (χ4n) is 0.946. The zero-order valence-electron chi connectivity index (χ0n) is 8.44. The van der Waals surface area contributed by atoms with E-state index in [1.807, 2.05) is 20.8 Å². The molecule has 2 nitrogen and oxygen atoms in total. The lowest BCUT2D eigenvalue weighted by Crippen LogP contribution is -2.26. The molecular formula is C10H18O2. The van der Waals surface area contributed by atoms with Crippen LogP contribution in [-0.4, -0.2) is 18.5 Å². The van der Waals surface area contributed by atoms with Crippen molar-refractivity contribution in [3.63, 3.8) is 0 Å². The van der Waals surface area contributed by atoms with Gasteiger partial charge < -0.3 is 4.74 Å². The van der Waals surface area contributed by atoms with Crippen molar-refractivity contribution in [2.24, 2.45) is 0 Å². The van der Waals surface area contributed by atoms with Crippen LogP contribution >= 0.6 is 0 Å². The number of ether oxygens (including phenoxy) is 1. The van der Waals surface area contributed by atoms with Crippen LogP contribution < -0.4 is 0 Å². The molecule has 0 aromatic rings. The van der Waals surface area contributed by atoms with Gasteiger partial charge in [-0.2, -0.15) is 0 Å². The molecule has 0 heterocycles. The summed E-state index contributed by atoms with van der Waals surface area (Å²) < 4.78 is 5.14. The fraction of sp³-hybridized carbons (Fsp3) is 0.700. The van der Waals surface area contributed by atoms with Crippen molar-refractivity contribution < 1.29 is 9.53 Å². The third-order valence-electron chi connectivity index (χ3n) is 1.67. The molecule has 0 amide bonds. The molecule has 0 aromatic carbocycles. The van der Waals surface area contributed by atoms with Gasteiger partial charge in [0.1, 0.15) is 5.78 Å². The molecule has 0 saturated heterocycles. The molecule has 0 spiro atoms. The fourth-order valence-corrected chi connectivity index (χ4v) is 0.946. The van der Waals surface area contributed by atoms with Crippen molar-refractivity contribution in [2.45, 2.75) is 39.2 Å². The van der Waals surface area contributed by atoms with Gasteiger partial charge in [-0.3, -0.25) is 4.79 Å². The first-order chi connectivity index (χ1) is 5.37. The zero-order chi connectivity index (χ0) is 9.78. The van der Waals surface area contributed by atoms with Crippen LogP contribution in [0, 0.1) is 0 Å². The summed E-state index contributed by atoms with van der Waals surface area (Å²) in [6, 6.07) is 0. The third-order valence-corrected chi connectivity index (χ3v) is 1.67. The van der Waals surface area contributed by atoms with Crippen LogP contribution in [-0.2, 0) is 9.53 Å². The van der Waals surface area contributed by atoms with Gasteiger partial charge in [-0.25, -0.2) is 0 Å². The lowest BCUT2D eigenvalue weighted by molar-refractivity contribution is -0.123. The van der Waals surface area contributed by atoms with E-state index in [9.17, 15) is 4.79 Å². The van der Waals surface area contributed by atoms with Crippen LogP contribution in [0.4, 0.5) is 0 Å². The number of methoxy groups -OCH3 is 1. The first kappa shape index (κ1) is 11.4. The molecule has 12 heavy (non-hydrogen) atoms. The first-order valence-corrected chi connectivity index (χ1v) is 4.08. The van der Waals surface area contributed by atoms with Crippen LogP contribution in [0.2, 0.25) is 0 Å². The minimum absolute atomic E-state index is 0.189. The van der Waals surface area contributed by atoms with Gasteiger partial charge in [-0.15, -0.1) is 0 Å². The Morgan fingerprint density at radius 2 is 2.00 bits per heavy atom. The molecule has 0 atom stereocenters. The summed E-state index contributed by atoms with van der Waals surface area (Å²) in [5.74, 6) is 0.189. The second-order valence-corrected chi connectivity index (χ2v) is 3.81. The predicted molar refractivity (Wildman–Crippen MR) is 50.1 cm³/mol. The van der Waals surface area contributed by atoms with Crippen molar-refractivity contribution in [3.05, 3.63) is 12.2 Å². The van der Waals surface area contributed by atoms with Crippen molar-refractivity contribution >= 4 is 5.78 Å². The van der Waals surface area contributed by atoms with Gasteiger partial charge >= 0.3 is 0 Å². The Morgan fingerprint density at radius 3 is 2.33 bits per heavy atom. The Hall–Kier alpha value is -0.630. The highest BCUT2D eigenvalue weighted by Crippen LogP contribution is 2.15. The van der Waals surface area contributed by atoms with Crippen LogP contribution in [0.25, 0.3) is 0 Å². The van der Waals surface area contributed by atoms with E-state index in [2.05, 4.69) is 6.58 Å². The molecule has 0 saturated carbocycles. The van der Waals surface area contributed by atoms with Gasteiger partial charge in [0.25, 0.3) is 0 Å². The number of rotatable bonds is 5. The lowest BCUT2D eigenvalue weighted by atomic mass is 9.98. The number of carbonyl (C=O) groups excluding carboxylic acids is 1. The minimum atomic E-state index is -0.341. The average Bonchev–Trinajstić information content (AvgIpc) is 1.84. The van der Waals surface area contributed by atoms with E-state index in [1.54, 1.807) is 7.11 Å². The maximum Gasteiger partial charge on any atom is 0.139 e. The summed E-state index contributed by atoms with van der Waals surface area (Å²) in [7, 11) is 1.62. The normalized spacial score (nSPS) is 11.3. The molecular weight excluding hydrogens is 152 g/mol. The Balaban J connectivity index is 3.92. The molecule has 0 aliphatic heterocycles. The molecule has 0 unspecified atom stereocenters. The van der Waals surface area contributed by atoms with Crippen molar-refractivity contribution in [1.29, 1.82) is 0 Å². The molecule has 0 fully saturated rings. The van der Waals surface area contributed by atoms with Gasteiger partial charge in [-0.05, 0) is 20.8 Å². The van der Waals surface area contributed by atoms with E-state index in [-0.39, 0.29) is 11.4 Å². The number of ketones is 1. The second kappa shape index (κ2) is 4.41.